The van der Waals surface area contributed by atoms with Crippen molar-refractivity contribution in [3.8, 4) is 0 Å². The zero-order valence-electron chi connectivity index (χ0n) is 13.7. The molecule has 1 aliphatic rings. The van der Waals surface area contributed by atoms with Gasteiger partial charge in [-0.05, 0) is 38.0 Å². The smallest absolute Gasteiger partial charge is 0.256 e. The zero-order chi connectivity index (χ0) is 16.2. The molecule has 0 bridgehead atoms. The molecule has 3 heterocycles. The molecule has 0 unspecified atom stereocenters. The molecule has 5 heteroatoms. The van der Waals surface area contributed by atoms with Crippen LogP contribution in [0.25, 0.3) is 0 Å². The van der Waals surface area contributed by atoms with Crippen molar-refractivity contribution < 1.29 is 9.53 Å². The normalized spacial score (nSPS) is 17.4. The third-order valence-electron chi connectivity index (χ3n) is 4.43. The molecule has 1 saturated heterocycles. The summed E-state index contributed by atoms with van der Waals surface area (Å²) in [5.74, 6) is 0.0456. The molecule has 0 aromatic carbocycles. The molecule has 23 heavy (non-hydrogen) atoms. The van der Waals surface area contributed by atoms with Crippen LogP contribution in [0, 0.1) is 6.92 Å². The number of aromatic nitrogens is 2. The maximum atomic E-state index is 13.0. The van der Waals surface area contributed by atoms with Crippen LogP contribution in [0.15, 0.2) is 36.7 Å². The van der Waals surface area contributed by atoms with Gasteiger partial charge in [0, 0.05) is 38.3 Å². The van der Waals surface area contributed by atoms with Crippen molar-refractivity contribution in [2.24, 2.45) is 7.05 Å². The van der Waals surface area contributed by atoms with Gasteiger partial charge in [-0.15, -0.1) is 0 Å². The predicted molar refractivity (Wildman–Crippen MR) is 88.1 cm³/mol. The Morgan fingerprint density at radius 3 is 2.91 bits per heavy atom. The molecule has 0 spiro atoms. The Morgan fingerprint density at radius 1 is 1.43 bits per heavy atom. The van der Waals surface area contributed by atoms with Gasteiger partial charge in [0.1, 0.15) is 0 Å². The van der Waals surface area contributed by atoms with E-state index in [2.05, 4.69) is 4.98 Å². The highest BCUT2D eigenvalue weighted by Gasteiger charge is 2.25. The Labute approximate surface area is 136 Å². The lowest BCUT2D eigenvalue weighted by atomic mass is 10.1. The fraction of sp³-hybridized carbons (Fsp3) is 0.444. The number of nitrogens with zero attached hydrogens (tertiary/aromatic N) is 3. The zero-order valence-corrected chi connectivity index (χ0v) is 13.7. The summed E-state index contributed by atoms with van der Waals surface area (Å²) < 4.78 is 7.69. The van der Waals surface area contributed by atoms with Gasteiger partial charge >= 0.3 is 0 Å². The highest BCUT2D eigenvalue weighted by atomic mass is 16.5. The van der Waals surface area contributed by atoms with Crippen LogP contribution in [-0.4, -0.2) is 39.6 Å². The number of hydrogen-bond acceptors (Lipinski definition) is 3. The summed E-state index contributed by atoms with van der Waals surface area (Å²) in [6.45, 7) is 3.89. The number of ether oxygens (including phenoxy) is 1. The Kier molecular flexibility index (Phi) is 4.76. The second-order valence-electron chi connectivity index (χ2n) is 6.07. The fourth-order valence-electron chi connectivity index (χ4n) is 2.95. The van der Waals surface area contributed by atoms with Crippen LogP contribution in [0.2, 0.25) is 0 Å². The average molecular weight is 313 g/mol. The van der Waals surface area contributed by atoms with Crippen molar-refractivity contribution in [1.82, 2.24) is 14.5 Å². The SMILES string of the molecule is Cc1c(C(=O)N(Cc2ccccn2)C[C@H]2CCCO2)ccn1C. The number of aryl methyl sites for hydroxylation is 1. The minimum atomic E-state index is 0.0456. The Balaban J connectivity index is 1.81. The number of pyridine rings is 1. The lowest BCUT2D eigenvalue weighted by Gasteiger charge is -2.25. The van der Waals surface area contributed by atoms with Crippen LogP contribution in [0.1, 0.15) is 34.6 Å². The van der Waals surface area contributed by atoms with Crippen molar-refractivity contribution in [2.75, 3.05) is 13.2 Å². The van der Waals surface area contributed by atoms with E-state index in [1.807, 2.05) is 53.9 Å². The van der Waals surface area contributed by atoms with E-state index >= 15 is 0 Å². The second kappa shape index (κ2) is 6.96. The van der Waals surface area contributed by atoms with E-state index in [1.54, 1.807) is 6.20 Å². The molecular formula is C18H23N3O2. The topological polar surface area (TPSA) is 47.4 Å². The molecule has 0 saturated carbocycles. The fourth-order valence-corrected chi connectivity index (χ4v) is 2.95. The van der Waals surface area contributed by atoms with Gasteiger partial charge in [0.15, 0.2) is 0 Å². The molecule has 122 valence electrons. The lowest BCUT2D eigenvalue weighted by molar-refractivity contribution is 0.0504. The van der Waals surface area contributed by atoms with Crippen LogP contribution in [0.4, 0.5) is 0 Å². The minimum absolute atomic E-state index is 0.0456. The molecule has 1 aliphatic heterocycles. The van der Waals surface area contributed by atoms with Gasteiger partial charge < -0.3 is 14.2 Å². The molecule has 2 aromatic rings. The molecule has 0 aliphatic carbocycles. The van der Waals surface area contributed by atoms with E-state index in [9.17, 15) is 4.79 Å². The number of hydrogen-bond donors (Lipinski definition) is 0. The first-order chi connectivity index (χ1) is 11.1. The number of rotatable bonds is 5. The third kappa shape index (κ3) is 3.62. The van der Waals surface area contributed by atoms with Crippen molar-refractivity contribution in [1.29, 1.82) is 0 Å². The van der Waals surface area contributed by atoms with Crippen molar-refractivity contribution in [3.05, 3.63) is 53.6 Å². The standard InChI is InChI=1S/C18H23N3O2/c1-14-17(8-10-20(14)2)18(22)21(13-16-7-5-11-23-16)12-15-6-3-4-9-19-15/h3-4,6,8-10,16H,5,7,11-13H2,1-2H3/t16-/m1/s1. The summed E-state index contributed by atoms with van der Waals surface area (Å²) in [7, 11) is 1.95. The molecule has 1 fully saturated rings. The first kappa shape index (κ1) is 15.7. The van der Waals surface area contributed by atoms with E-state index in [0.717, 1.165) is 36.4 Å². The van der Waals surface area contributed by atoms with Gasteiger partial charge in [0.2, 0.25) is 0 Å². The molecule has 3 rings (SSSR count). The quantitative estimate of drug-likeness (QED) is 0.852. The van der Waals surface area contributed by atoms with Gasteiger partial charge in [-0.3, -0.25) is 9.78 Å². The van der Waals surface area contributed by atoms with Gasteiger partial charge in [-0.25, -0.2) is 0 Å². The van der Waals surface area contributed by atoms with Gasteiger partial charge in [-0.2, -0.15) is 0 Å². The minimum Gasteiger partial charge on any atom is -0.376 e. The molecule has 1 atom stereocenters. The Hall–Kier alpha value is -2.14. The molecule has 1 amide bonds. The Morgan fingerprint density at radius 2 is 2.30 bits per heavy atom. The molecule has 5 nitrogen and oxygen atoms in total. The number of amides is 1. The van der Waals surface area contributed by atoms with E-state index in [-0.39, 0.29) is 12.0 Å². The predicted octanol–water partition coefficient (Wildman–Crippen LogP) is 2.55. The summed E-state index contributed by atoms with van der Waals surface area (Å²) in [4.78, 5) is 19.2. The van der Waals surface area contributed by atoms with E-state index in [1.165, 1.54) is 0 Å². The summed E-state index contributed by atoms with van der Waals surface area (Å²) in [5.41, 5.74) is 2.63. The first-order valence-electron chi connectivity index (χ1n) is 8.08. The maximum absolute atomic E-state index is 13.0. The number of carbonyl (C=O) groups excluding carboxylic acids is 1. The van der Waals surface area contributed by atoms with Crippen LogP contribution in [-0.2, 0) is 18.3 Å². The van der Waals surface area contributed by atoms with Crippen LogP contribution >= 0.6 is 0 Å². The Bertz CT molecular complexity index is 660. The lowest BCUT2D eigenvalue weighted by Crippen LogP contribution is -2.37. The number of carbonyl (C=O) groups is 1. The highest BCUT2D eigenvalue weighted by Crippen LogP contribution is 2.18. The molecule has 0 radical (unpaired) electrons. The summed E-state index contributed by atoms with van der Waals surface area (Å²) >= 11 is 0. The third-order valence-corrected chi connectivity index (χ3v) is 4.43. The monoisotopic (exact) mass is 313 g/mol. The largest absolute Gasteiger partial charge is 0.376 e. The van der Waals surface area contributed by atoms with E-state index in [0.29, 0.717) is 13.1 Å². The van der Waals surface area contributed by atoms with Gasteiger partial charge in [-0.1, -0.05) is 6.07 Å². The van der Waals surface area contributed by atoms with E-state index in [4.69, 9.17) is 4.74 Å². The average Bonchev–Trinajstić information content (AvgIpc) is 3.18. The van der Waals surface area contributed by atoms with Crippen LogP contribution in [0.3, 0.4) is 0 Å². The maximum Gasteiger partial charge on any atom is 0.256 e. The summed E-state index contributed by atoms with van der Waals surface area (Å²) in [5, 5.41) is 0. The van der Waals surface area contributed by atoms with Gasteiger partial charge in [0.05, 0.1) is 23.9 Å². The molecular weight excluding hydrogens is 290 g/mol. The van der Waals surface area contributed by atoms with Crippen molar-refractivity contribution in [2.45, 2.75) is 32.4 Å². The highest BCUT2D eigenvalue weighted by molar-refractivity contribution is 5.95. The second-order valence-corrected chi connectivity index (χ2v) is 6.07. The van der Waals surface area contributed by atoms with Gasteiger partial charge in [0.25, 0.3) is 5.91 Å². The van der Waals surface area contributed by atoms with Crippen molar-refractivity contribution in [3.63, 3.8) is 0 Å². The first-order valence-corrected chi connectivity index (χ1v) is 8.08. The van der Waals surface area contributed by atoms with E-state index < -0.39 is 0 Å². The van der Waals surface area contributed by atoms with Crippen molar-refractivity contribution >= 4 is 5.91 Å². The van der Waals surface area contributed by atoms with Crippen LogP contribution in [0.5, 0.6) is 0 Å². The summed E-state index contributed by atoms with van der Waals surface area (Å²) in [6, 6.07) is 7.67. The summed E-state index contributed by atoms with van der Waals surface area (Å²) in [6.07, 6.45) is 5.90. The van der Waals surface area contributed by atoms with Crippen LogP contribution < -0.4 is 0 Å². The molecule has 0 N–H and O–H groups in total. The molecule has 2 aromatic heterocycles.